The Kier molecular flexibility index (Phi) is 4.53. The molecule has 0 saturated carbocycles. The molecule has 0 bridgehead atoms. The number of ether oxygens (including phenoxy) is 1. The van der Waals surface area contributed by atoms with Crippen LogP contribution in [0, 0.1) is 0 Å². The molecule has 1 aromatic rings. The predicted molar refractivity (Wildman–Crippen MR) is 76.7 cm³/mol. The highest BCUT2D eigenvalue weighted by molar-refractivity contribution is 7.85. The van der Waals surface area contributed by atoms with E-state index in [1.54, 1.807) is 17.0 Å². The lowest BCUT2D eigenvalue weighted by Crippen LogP contribution is -2.32. The van der Waals surface area contributed by atoms with E-state index in [9.17, 15) is 13.2 Å². The maximum atomic E-state index is 11.6. The van der Waals surface area contributed by atoms with Gasteiger partial charge in [-0.1, -0.05) is 12.1 Å². The summed E-state index contributed by atoms with van der Waals surface area (Å²) < 4.78 is 36.1. The largest absolute Gasteiger partial charge is 0.444 e. The van der Waals surface area contributed by atoms with E-state index in [-0.39, 0.29) is 23.1 Å². The van der Waals surface area contributed by atoms with Gasteiger partial charge in [-0.2, -0.15) is 8.42 Å². The van der Waals surface area contributed by atoms with E-state index in [1.807, 2.05) is 13.8 Å². The third-order valence-corrected chi connectivity index (χ3v) is 4.37. The molecule has 1 aliphatic rings. The number of hydrogen-bond acceptors (Lipinski definition) is 4. The summed E-state index contributed by atoms with van der Waals surface area (Å²) in [5.41, 5.74) is 0.932. The molecule has 1 aromatic carbocycles. The van der Waals surface area contributed by atoms with Crippen LogP contribution in [0.2, 0.25) is 0 Å². The average Bonchev–Trinajstić information content (AvgIpc) is 2.77. The highest BCUT2D eigenvalue weighted by Gasteiger charge is 2.32. The summed E-state index contributed by atoms with van der Waals surface area (Å²) in [5.74, 6) is 0. The van der Waals surface area contributed by atoms with E-state index >= 15 is 0 Å². The zero-order valence-corrected chi connectivity index (χ0v) is 12.8. The number of nitrogens with zero attached hydrogens (tertiary/aromatic N) is 1. The number of hydrogen-bond donors (Lipinski definition) is 1. The van der Waals surface area contributed by atoms with Gasteiger partial charge in [-0.3, -0.25) is 4.55 Å². The monoisotopic (exact) mass is 313 g/mol. The molecule has 0 aliphatic carbocycles. The second-order valence-electron chi connectivity index (χ2n) is 5.41. The van der Waals surface area contributed by atoms with Crippen LogP contribution in [0.15, 0.2) is 29.2 Å². The van der Waals surface area contributed by atoms with Gasteiger partial charge in [-0.05, 0) is 44.4 Å². The molecule has 21 heavy (non-hydrogen) atoms. The summed E-state index contributed by atoms with van der Waals surface area (Å²) in [6.45, 7) is 4.47. The first-order chi connectivity index (χ1) is 9.77. The fourth-order valence-corrected chi connectivity index (χ4v) is 2.75. The van der Waals surface area contributed by atoms with Crippen molar-refractivity contribution in [1.29, 1.82) is 0 Å². The van der Waals surface area contributed by atoms with Crippen LogP contribution in [0.1, 0.15) is 25.8 Å². The Bertz CT molecular complexity index is 609. The van der Waals surface area contributed by atoms with Crippen molar-refractivity contribution in [1.82, 2.24) is 4.90 Å². The molecule has 116 valence electrons. The smallest absolute Gasteiger partial charge is 0.410 e. The van der Waals surface area contributed by atoms with Crippen molar-refractivity contribution in [2.45, 2.75) is 43.7 Å². The first-order valence-corrected chi connectivity index (χ1v) is 8.25. The molecule has 0 aromatic heterocycles. The molecule has 6 nitrogen and oxygen atoms in total. The van der Waals surface area contributed by atoms with Gasteiger partial charge in [0.15, 0.2) is 0 Å². The number of carbonyl (C=O) groups excluding carboxylic acids is 1. The van der Waals surface area contributed by atoms with Gasteiger partial charge in [0.2, 0.25) is 0 Å². The summed E-state index contributed by atoms with van der Waals surface area (Å²) in [7, 11) is -4.15. The van der Waals surface area contributed by atoms with Gasteiger partial charge in [-0.25, -0.2) is 4.79 Å². The summed E-state index contributed by atoms with van der Waals surface area (Å²) >= 11 is 0. The lowest BCUT2D eigenvalue weighted by molar-refractivity contribution is 0.126. The quantitative estimate of drug-likeness (QED) is 0.842. The van der Waals surface area contributed by atoms with Gasteiger partial charge < -0.3 is 9.64 Å². The van der Waals surface area contributed by atoms with Gasteiger partial charge in [0.05, 0.1) is 11.4 Å². The first kappa shape index (κ1) is 15.8. The lowest BCUT2D eigenvalue weighted by Gasteiger charge is -2.16. The van der Waals surface area contributed by atoms with Crippen LogP contribution in [0.25, 0.3) is 0 Å². The minimum atomic E-state index is -4.15. The van der Waals surface area contributed by atoms with Crippen molar-refractivity contribution < 1.29 is 22.5 Å². The van der Waals surface area contributed by atoms with Crippen LogP contribution in [0.3, 0.4) is 0 Å². The van der Waals surface area contributed by atoms with Crippen LogP contribution in [0.4, 0.5) is 4.79 Å². The average molecular weight is 313 g/mol. The Labute approximate surface area is 124 Å². The maximum Gasteiger partial charge on any atom is 0.410 e. The number of rotatable bonds is 5. The van der Waals surface area contributed by atoms with Crippen LogP contribution >= 0.6 is 0 Å². The van der Waals surface area contributed by atoms with Gasteiger partial charge in [-0.15, -0.1) is 0 Å². The zero-order chi connectivity index (χ0) is 15.6. The molecule has 1 aliphatic heterocycles. The van der Waals surface area contributed by atoms with Crippen molar-refractivity contribution in [2.75, 3.05) is 6.54 Å². The van der Waals surface area contributed by atoms with Crippen molar-refractivity contribution >= 4 is 16.2 Å². The van der Waals surface area contributed by atoms with E-state index in [1.165, 1.54) is 12.1 Å². The number of aryl methyl sites for hydroxylation is 1. The molecular formula is C14H19NO5S. The highest BCUT2D eigenvalue weighted by Crippen LogP contribution is 2.19. The van der Waals surface area contributed by atoms with E-state index < -0.39 is 10.1 Å². The van der Waals surface area contributed by atoms with Crippen molar-refractivity contribution in [2.24, 2.45) is 0 Å². The number of benzene rings is 1. The minimum absolute atomic E-state index is 0.121. The van der Waals surface area contributed by atoms with E-state index in [0.29, 0.717) is 19.4 Å². The van der Waals surface area contributed by atoms with Crippen LogP contribution in [0.5, 0.6) is 0 Å². The summed E-state index contributed by atoms with van der Waals surface area (Å²) in [6.07, 6.45) is 0.938. The lowest BCUT2D eigenvalue weighted by atomic mass is 10.1. The molecule has 7 heteroatoms. The molecule has 0 spiro atoms. The molecule has 2 rings (SSSR count). The van der Waals surface area contributed by atoms with Crippen LogP contribution in [-0.2, 0) is 21.3 Å². The third kappa shape index (κ3) is 3.95. The topological polar surface area (TPSA) is 83.9 Å². The van der Waals surface area contributed by atoms with E-state index in [2.05, 4.69) is 0 Å². The fraction of sp³-hybridized carbons (Fsp3) is 0.500. The minimum Gasteiger partial charge on any atom is -0.444 e. The number of carbonyl (C=O) groups is 1. The van der Waals surface area contributed by atoms with Gasteiger partial charge in [0.25, 0.3) is 10.1 Å². The standard InChI is InChI=1S/C14H19NO5S/c1-10(2)15-9-12(20-14(15)16)6-3-11-4-7-13(8-5-11)21(17,18)19/h4-5,7-8,10,12H,3,6,9H2,1-2H3,(H,17,18,19). The molecule has 1 N–H and O–H groups in total. The summed E-state index contributed by atoms with van der Waals surface area (Å²) in [6, 6.07) is 6.16. The molecule has 0 radical (unpaired) electrons. The molecule has 1 unspecified atom stereocenters. The molecule has 1 amide bonds. The third-order valence-electron chi connectivity index (χ3n) is 3.50. The molecule has 1 atom stereocenters. The molecular weight excluding hydrogens is 294 g/mol. The second-order valence-corrected chi connectivity index (χ2v) is 6.83. The fourth-order valence-electron chi connectivity index (χ4n) is 2.27. The van der Waals surface area contributed by atoms with E-state index in [4.69, 9.17) is 9.29 Å². The first-order valence-electron chi connectivity index (χ1n) is 6.81. The molecule has 1 heterocycles. The normalized spacial score (nSPS) is 19.1. The molecule has 1 saturated heterocycles. The predicted octanol–water partition coefficient (Wildman–Crippen LogP) is 2.10. The summed E-state index contributed by atoms with van der Waals surface area (Å²) in [5, 5.41) is 0. The van der Waals surface area contributed by atoms with Crippen LogP contribution < -0.4 is 0 Å². The maximum absolute atomic E-state index is 11.6. The summed E-state index contributed by atoms with van der Waals surface area (Å²) in [4.78, 5) is 13.2. The highest BCUT2D eigenvalue weighted by atomic mass is 32.2. The van der Waals surface area contributed by atoms with Crippen molar-refractivity contribution in [3.63, 3.8) is 0 Å². The Balaban J connectivity index is 1.91. The van der Waals surface area contributed by atoms with Crippen molar-refractivity contribution in [3.8, 4) is 0 Å². The Morgan fingerprint density at radius 2 is 1.95 bits per heavy atom. The van der Waals surface area contributed by atoms with Crippen LogP contribution in [-0.4, -0.2) is 42.7 Å². The SMILES string of the molecule is CC(C)N1CC(CCc2ccc(S(=O)(=O)O)cc2)OC1=O. The van der Waals surface area contributed by atoms with E-state index in [0.717, 1.165) is 5.56 Å². The molecule has 1 fully saturated rings. The van der Waals surface area contributed by atoms with Gasteiger partial charge in [0, 0.05) is 6.04 Å². The Hall–Kier alpha value is -1.60. The number of amides is 1. The Morgan fingerprint density at radius 1 is 1.33 bits per heavy atom. The van der Waals surface area contributed by atoms with Crippen molar-refractivity contribution in [3.05, 3.63) is 29.8 Å². The zero-order valence-electron chi connectivity index (χ0n) is 12.0. The van der Waals surface area contributed by atoms with Gasteiger partial charge >= 0.3 is 6.09 Å². The van der Waals surface area contributed by atoms with Gasteiger partial charge in [0.1, 0.15) is 6.10 Å². The Morgan fingerprint density at radius 3 is 2.43 bits per heavy atom. The second kappa shape index (κ2) is 6.03. The number of cyclic esters (lactones) is 1.